The van der Waals surface area contributed by atoms with E-state index in [1.54, 1.807) is 6.92 Å². The van der Waals surface area contributed by atoms with Crippen LogP contribution in [0.1, 0.15) is 39.0 Å². The fourth-order valence-corrected chi connectivity index (χ4v) is 2.22. The molecule has 0 heterocycles. The van der Waals surface area contributed by atoms with Crippen LogP contribution in [0.5, 0.6) is 0 Å². The summed E-state index contributed by atoms with van der Waals surface area (Å²) >= 11 is 0. The minimum Gasteiger partial charge on any atom is -0.328 e. The Hall–Kier alpha value is -0.290. The highest BCUT2D eigenvalue weighted by Gasteiger charge is 2.41. The van der Waals surface area contributed by atoms with Crippen molar-refractivity contribution >= 4 is 0 Å². The Morgan fingerprint density at radius 3 is 2.20 bits per heavy atom. The molecule has 90 valence electrons. The Kier molecular flexibility index (Phi) is 3.66. The molecule has 0 radical (unpaired) electrons. The third-order valence-electron chi connectivity index (χ3n) is 3.48. The number of hydrogen-bond acceptors (Lipinski definition) is 2. The Labute approximate surface area is 88.2 Å². The van der Waals surface area contributed by atoms with Crippen LogP contribution in [0.4, 0.5) is 13.2 Å². The average Bonchev–Trinajstić information content (AvgIpc) is 2.07. The summed E-state index contributed by atoms with van der Waals surface area (Å²) in [5, 5.41) is 0. The Bertz CT molecular complexity index is 207. The lowest BCUT2D eigenvalue weighted by atomic mass is 9.72. The molecule has 1 atom stereocenters. The van der Waals surface area contributed by atoms with Crippen LogP contribution in [0.25, 0.3) is 0 Å². The molecular weight excluding hydrogens is 205 g/mol. The molecule has 0 aromatic rings. The van der Waals surface area contributed by atoms with Gasteiger partial charge in [0.1, 0.15) is 0 Å². The van der Waals surface area contributed by atoms with E-state index in [-0.39, 0.29) is 6.04 Å². The highest BCUT2D eigenvalue weighted by Crippen LogP contribution is 2.37. The summed E-state index contributed by atoms with van der Waals surface area (Å²) in [6, 6.07) is 0.111. The maximum atomic E-state index is 12.2. The van der Waals surface area contributed by atoms with E-state index in [1.165, 1.54) is 0 Å². The summed E-state index contributed by atoms with van der Waals surface area (Å²) in [5.41, 5.74) is 11.0. The van der Waals surface area contributed by atoms with Gasteiger partial charge < -0.3 is 11.5 Å². The lowest BCUT2D eigenvalue weighted by molar-refractivity contribution is -0.149. The predicted octanol–water partition coefficient (Wildman–Crippen LogP) is 2.17. The third-order valence-corrected chi connectivity index (χ3v) is 3.48. The monoisotopic (exact) mass is 224 g/mol. The second-order valence-electron chi connectivity index (χ2n) is 4.79. The standard InChI is InChI=1S/C10H19F3N2/c1-7(6-10(11,12)13)9(15)4-2-8(14)3-5-9/h7-8H,2-6,14-15H2,1H3/t7-,8?,9?/m0/s1. The Morgan fingerprint density at radius 2 is 1.80 bits per heavy atom. The van der Waals surface area contributed by atoms with Crippen LogP contribution in [0, 0.1) is 5.92 Å². The quantitative estimate of drug-likeness (QED) is 0.755. The van der Waals surface area contributed by atoms with Crippen LogP contribution in [0.3, 0.4) is 0 Å². The van der Waals surface area contributed by atoms with Crippen molar-refractivity contribution in [1.29, 1.82) is 0 Å². The summed E-state index contributed by atoms with van der Waals surface area (Å²) in [7, 11) is 0. The molecule has 2 nitrogen and oxygen atoms in total. The van der Waals surface area contributed by atoms with Gasteiger partial charge in [0.15, 0.2) is 0 Å². The van der Waals surface area contributed by atoms with Crippen LogP contribution in [-0.2, 0) is 0 Å². The van der Waals surface area contributed by atoms with Crippen molar-refractivity contribution in [2.24, 2.45) is 17.4 Å². The summed E-state index contributed by atoms with van der Waals surface area (Å²) in [5.74, 6) is -0.523. The number of halogens is 3. The van der Waals surface area contributed by atoms with Crippen molar-refractivity contribution in [3.05, 3.63) is 0 Å². The van der Waals surface area contributed by atoms with Crippen molar-refractivity contribution in [1.82, 2.24) is 0 Å². The normalized spacial score (nSPS) is 35.2. The van der Waals surface area contributed by atoms with E-state index < -0.39 is 24.1 Å². The highest BCUT2D eigenvalue weighted by atomic mass is 19.4. The Balaban J connectivity index is 2.54. The first-order chi connectivity index (χ1) is 6.73. The zero-order valence-corrected chi connectivity index (χ0v) is 8.98. The first-order valence-electron chi connectivity index (χ1n) is 5.34. The largest absolute Gasteiger partial charge is 0.389 e. The first kappa shape index (κ1) is 12.8. The van der Waals surface area contributed by atoms with Crippen LogP contribution in [0.2, 0.25) is 0 Å². The molecule has 1 aliphatic rings. The molecule has 0 amide bonds. The zero-order chi connectivity index (χ0) is 11.7. The van der Waals surface area contributed by atoms with Gasteiger partial charge in [0, 0.05) is 18.0 Å². The van der Waals surface area contributed by atoms with E-state index in [2.05, 4.69) is 0 Å². The second-order valence-corrected chi connectivity index (χ2v) is 4.79. The topological polar surface area (TPSA) is 52.0 Å². The SMILES string of the molecule is C[C@@H](CC(F)(F)F)C1(N)CCC(N)CC1. The number of nitrogens with two attached hydrogens (primary N) is 2. The highest BCUT2D eigenvalue weighted by molar-refractivity contribution is 4.95. The molecule has 1 aliphatic carbocycles. The van der Waals surface area contributed by atoms with Crippen molar-refractivity contribution < 1.29 is 13.2 Å². The number of rotatable bonds is 2. The van der Waals surface area contributed by atoms with Gasteiger partial charge in [-0.1, -0.05) is 6.92 Å². The summed E-state index contributed by atoms with van der Waals surface area (Å²) in [4.78, 5) is 0. The van der Waals surface area contributed by atoms with Crippen molar-refractivity contribution in [2.45, 2.75) is 56.8 Å². The van der Waals surface area contributed by atoms with Gasteiger partial charge in [-0.3, -0.25) is 0 Å². The molecule has 0 aliphatic heterocycles. The molecule has 0 unspecified atom stereocenters. The van der Waals surface area contributed by atoms with Gasteiger partial charge in [0.05, 0.1) is 0 Å². The summed E-state index contributed by atoms with van der Waals surface area (Å²) in [6.45, 7) is 1.59. The smallest absolute Gasteiger partial charge is 0.328 e. The lowest BCUT2D eigenvalue weighted by Gasteiger charge is -2.41. The molecule has 1 fully saturated rings. The molecule has 1 saturated carbocycles. The fourth-order valence-electron chi connectivity index (χ4n) is 2.22. The van der Waals surface area contributed by atoms with Crippen molar-refractivity contribution in [3.63, 3.8) is 0 Å². The minimum absolute atomic E-state index is 0.111. The molecule has 1 rings (SSSR count). The molecule has 0 aromatic heterocycles. The van der Waals surface area contributed by atoms with Crippen molar-refractivity contribution in [3.8, 4) is 0 Å². The maximum absolute atomic E-state index is 12.2. The molecule has 5 heteroatoms. The van der Waals surface area contributed by atoms with Gasteiger partial charge in [0.25, 0.3) is 0 Å². The van der Waals surface area contributed by atoms with Crippen LogP contribution in [0.15, 0.2) is 0 Å². The minimum atomic E-state index is -4.12. The number of alkyl halides is 3. The molecular formula is C10H19F3N2. The maximum Gasteiger partial charge on any atom is 0.389 e. The van der Waals surface area contributed by atoms with Gasteiger partial charge in [-0.2, -0.15) is 13.2 Å². The van der Waals surface area contributed by atoms with E-state index in [1.807, 2.05) is 0 Å². The van der Waals surface area contributed by atoms with E-state index in [4.69, 9.17) is 11.5 Å². The molecule has 0 saturated heterocycles. The first-order valence-corrected chi connectivity index (χ1v) is 5.34. The predicted molar refractivity (Wildman–Crippen MR) is 53.2 cm³/mol. The number of hydrogen-bond donors (Lipinski definition) is 2. The van der Waals surface area contributed by atoms with Crippen LogP contribution in [-0.4, -0.2) is 17.8 Å². The summed E-state index contributed by atoms with van der Waals surface area (Å²) < 4.78 is 36.7. The van der Waals surface area contributed by atoms with Crippen LogP contribution < -0.4 is 11.5 Å². The van der Waals surface area contributed by atoms with Gasteiger partial charge in [-0.25, -0.2) is 0 Å². The second kappa shape index (κ2) is 4.29. The molecule has 0 aromatic carbocycles. The van der Waals surface area contributed by atoms with Gasteiger partial charge in [-0.05, 0) is 31.6 Å². The van der Waals surface area contributed by atoms with E-state index in [0.29, 0.717) is 12.8 Å². The summed E-state index contributed by atoms with van der Waals surface area (Å²) in [6.07, 6.45) is -2.24. The van der Waals surface area contributed by atoms with E-state index >= 15 is 0 Å². The van der Waals surface area contributed by atoms with Gasteiger partial charge >= 0.3 is 6.18 Å². The lowest BCUT2D eigenvalue weighted by Crippen LogP contribution is -2.51. The zero-order valence-electron chi connectivity index (χ0n) is 8.98. The van der Waals surface area contributed by atoms with Gasteiger partial charge in [0.2, 0.25) is 0 Å². The van der Waals surface area contributed by atoms with Gasteiger partial charge in [-0.15, -0.1) is 0 Å². The molecule has 0 bridgehead atoms. The molecule has 4 N–H and O–H groups in total. The molecule has 0 spiro atoms. The van der Waals surface area contributed by atoms with E-state index in [9.17, 15) is 13.2 Å². The van der Waals surface area contributed by atoms with Crippen molar-refractivity contribution in [2.75, 3.05) is 0 Å². The average molecular weight is 224 g/mol. The third kappa shape index (κ3) is 3.65. The fraction of sp³-hybridized carbons (Fsp3) is 1.00. The Morgan fingerprint density at radius 1 is 1.33 bits per heavy atom. The van der Waals surface area contributed by atoms with Crippen LogP contribution >= 0.6 is 0 Å². The molecule has 15 heavy (non-hydrogen) atoms. The van der Waals surface area contributed by atoms with E-state index in [0.717, 1.165) is 12.8 Å².